The summed E-state index contributed by atoms with van der Waals surface area (Å²) >= 11 is 5.94. The highest BCUT2D eigenvalue weighted by Gasteiger charge is 2.07. The maximum Gasteiger partial charge on any atom is 0.319 e. The van der Waals surface area contributed by atoms with Gasteiger partial charge in [-0.2, -0.15) is 0 Å². The van der Waals surface area contributed by atoms with Crippen molar-refractivity contribution in [2.75, 3.05) is 19.0 Å². The van der Waals surface area contributed by atoms with Gasteiger partial charge in [0.25, 0.3) is 0 Å². The van der Waals surface area contributed by atoms with Crippen LogP contribution in [-0.2, 0) is 12.8 Å². The molecule has 122 valence electrons. The number of carbonyl (C=O) groups excluding carboxylic acids is 1. The number of urea groups is 1. The molecule has 0 saturated heterocycles. The highest BCUT2D eigenvalue weighted by molar-refractivity contribution is 6.31. The molecule has 0 unspecified atom stereocenters. The quantitative estimate of drug-likeness (QED) is 0.829. The van der Waals surface area contributed by atoms with Crippen LogP contribution in [0.3, 0.4) is 0 Å². The summed E-state index contributed by atoms with van der Waals surface area (Å²) in [4.78, 5) is 12.0. The third-order valence-corrected chi connectivity index (χ3v) is 3.78. The lowest BCUT2D eigenvalue weighted by molar-refractivity contribution is 0.252. The van der Waals surface area contributed by atoms with Crippen LogP contribution < -0.4 is 15.4 Å². The van der Waals surface area contributed by atoms with Crippen LogP contribution in [0.5, 0.6) is 5.75 Å². The number of rotatable bonds is 6. The number of halogens is 1. The summed E-state index contributed by atoms with van der Waals surface area (Å²) in [6.45, 7) is 2.69. The van der Waals surface area contributed by atoms with Gasteiger partial charge in [-0.15, -0.1) is 0 Å². The molecular weight excluding hydrogens is 312 g/mol. The molecule has 0 aliphatic heterocycles. The van der Waals surface area contributed by atoms with E-state index in [0.29, 0.717) is 23.0 Å². The molecule has 0 aromatic heterocycles. The first-order chi connectivity index (χ1) is 11.1. The average molecular weight is 333 g/mol. The number of nitrogens with one attached hydrogen (secondary N) is 2. The van der Waals surface area contributed by atoms with Crippen molar-refractivity contribution < 1.29 is 9.53 Å². The van der Waals surface area contributed by atoms with Crippen LogP contribution in [0.1, 0.15) is 18.1 Å². The fraction of sp³-hybridized carbons (Fsp3) is 0.278. The summed E-state index contributed by atoms with van der Waals surface area (Å²) in [5.74, 6) is 0.569. The Bertz CT molecular complexity index is 657. The largest absolute Gasteiger partial charge is 0.495 e. The Morgan fingerprint density at radius 3 is 2.48 bits per heavy atom. The Hall–Kier alpha value is -2.20. The van der Waals surface area contributed by atoms with Crippen molar-refractivity contribution in [3.63, 3.8) is 0 Å². The predicted molar refractivity (Wildman–Crippen MR) is 94.5 cm³/mol. The van der Waals surface area contributed by atoms with E-state index in [9.17, 15) is 4.79 Å². The maximum atomic E-state index is 12.0. The Balaban J connectivity index is 1.84. The predicted octanol–water partition coefficient (Wildman–Crippen LogP) is 4.28. The molecule has 23 heavy (non-hydrogen) atoms. The first-order valence-electron chi connectivity index (χ1n) is 7.58. The minimum atomic E-state index is -0.282. The van der Waals surface area contributed by atoms with E-state index < -0.39 is 0 Å². The molecule has 0 saturated carbocycles. The zero-order chi connectivity index (χ0) is 16.7. The second kappa shape index (κ2) is 8.44. The molecule has 0 spiro atoms. The third-order valence-electron chi connectivity index (χ3n) is 3.54. The summed E-state index contributed by atoms with van der Waals surface area (Å²) in [5.41, 5.74) is 3.06. The van der Waals surface area contributed by atoms with Crippen molar-refractivity contribution in [2.45, 2.75) is 19.8 Å². The summed E-state index contributed by atoms with van der Waals surface area (Å²) in [6, 6.07) is 13.2. The lowest BCUT2D eigenvalue weighted by atomic mass is 10.1. The molecule has 0 fully saturated rings. The molecule has 2 aromatic rings. The van der Waals surface area contributed by atoms with E-state index >= 15 is 0 Å². The van der Waals surface area contributed by atoms with E-state index in [1.54, 1.807) is 25.3 Å². The van der Waals surface area contributed by atoms with Gasteiger partial charge in [0.1, 0.15) is 5.75 Å². The van der Waals surface area contributed by atoms with Gasteiger partial charge in [-0.1, -0.05) is 42.8 Å². The minimum Gasteiger partial charge on any atom is -0.495 e. The van der Waals surface area contributed by atoms with Gasteiger partial charge >= 0.3 is 6.03 Å². The van der Waals surface area contributed by atoms with Crippen LogP contribution in [0, 0.1) is 0 Å². The number of aryl methyl sites for hydroxylation is 1. The highest BCUT2D eigenvalue weighted by Crippen LogP contribution is 2.27. The molecule has 0 aliphatic rings. The number of hydrogen-bond donors (Lipinski definition) is 2. The second-order valence-electron chi connectivity index (χ2n) is 5.15. The molecule has 5 heteroatoms. The normalized spacial score (nSPS) is 10.2. The van der Waals surface area contributed by atoms with Crippen LogP contribution in [0.15, 0.2) is 42.5 Å². The number of hydrogen-bond acceptors (Lipinski definition) is 2. The SMILES string of the molecule is CCc1ccc(CCNC(=O)Nc2cc(Cl)ccc2OC)cc1. The lowest BCUT2D eigenvalue weighted by Gasteiger charge is -2.11. The van der Waals surface area contributed by atoms with Crippen molar-refractivity contribution >= 4 is 23.3 Å². The molecule has 4 nitrogen and oxygen atoms in total. The number of methoxy groups -OCH3 is 1. The molecule has 0 atom stereocenters. The van der Waals surface area contributed by atoms with Gasteiger partial charge in [0.2, 0.25) is 0 Å². The van der Waals surface area contributed by atoms with E-state index in [-0.39, 0.29) is 6.03 Å². The fourth-order valence-electron chi connectivity index (χ4n) is 2.21. The minimum absolute atomic E-state index is 0.282. The van der Waals surface area contributed by atoms with Gasteiger partial charge in [0.15, 0.2) is 0 Å². The topological polar surface area (TPSA) is 50.4 Å². The first kappa shape index (κ1) is 17.2. The molecule has 2 amide bonds. The van der Waals surface area contributed by atoms with Crippen LogP contribution in [0.4, 0.5) is 10.5 Å². The smallest absolute Gasteiger partial charge is 0.319 e. The molecule has 2 N–H and O–H groups in total. The van der Waals surface area contributed by atoms with Gasteiger partial charge in [-0.3, -0.25) is 0 Å². The standard InChI is InChI=1S/C18H21ClN2O2/c1-3-13-4-6-14(7-5-13)10-11-20-18(22)21-16-12-15(19)8-9-17(16)23-2/h4-9,12H,3,10-11H2,1-2H3,(H2,20,21,22). The average Bonchev–Trinajstić information content (AvgIpc) is 2.56. The number of carbonyl (C=O) groups is 1. The van der Waals surface area contributed by atoms with Crippen molar-refractivity contribution in [3.8, 4) is 5.75 Å². The number of benzene rings is 2. The van der Waals surface area contributed by atoms with E-state index in [1.165, 1.54) is 11.1 Å². The first-order valence-corrected chi connectivity index (χ1v) is 7.96. The number of amides is 2. The zero-order valence-corrected chi connectivity index (χ0v) is 14.1. The van der Waals surface area contributed by atoms with Gasteiger partial charge in [0, 0.05) is 11.6 Å². The number of anilines is 1. The van der Waals surface area contributed by atoms with E-state index in [2.05, 4.69) is 41.8 Å². The van der Waals surface area contributed by atoms with Gasteiger partial charge in [-0.25, -0.2) is 4.79 Å². The van der Waals surface area contributed by atoms with Crippen LogP contribution in [0.2, 0.25) is 5.02 Å². The molecule has 0 heterocycles. The highest BCUT2D eigenvalue weighted by atomic mass is 35.5. The maximum absolute atomic E-state index is 12.0. The van der Waals surface area contributed by atoms with E-state index in [4.69, 9.17) is 16.3 Å². The lowest BCUT2D eigenvalue weighted by Crippen LogP contribution is -2.30. The second-order valence-corrected chi connectivity index (χ2v) is 5.58. The van der Waals surface area contributed by atoms with Crippen molar-refractivity contribution in [2.24, 2.45) is 0 Å². The third kappa shape index (κ3) is 5.18. The molecular formula is C18H21ClN2O2. The Kier molecular flexibility index (Phi) is 6.29. The fourth-order valence-corrected chi connectivity index (χ4v) is 2.38. The summed E-state index contributed by atoms with van der Waals surface area (Å²) in [5, 5.41) is 6.12. The van der Waals surface area contributed by atoms with Crippen molar-refractivity contribution in [1.29, 1.82) is 0 Å². The zero-order valence-electron chi connectivity index (χ0n) is 13.4. The monoisotopic (exact) mass is 332 g/mol. The van der Waals surface area contributed by atoms with E-state index in [1.807, 2.05) is 0 Å². The van der Waals surface area contributed by atoms with Gasteiger partial charge in [-0.05, 0) is 42.2 Å². The number of ether oxygens (including phenoxy) is 1. The summed E-state index contributed by atoms with van der Waals surface area (Å²) in [6.07, 6.45) is 1.81. The van der Waals surface area contributed by atoms with Crippen LogP contribution >= 0.6 is 11.6 Å². The van der Waals surface area contributed by atoms with E-state index in [0.717, 1.165) is 12.8 Å². The van der Waals surface area contributed by atoms with Crippen molar-refractivity contribution in [3.05, 3.63) is 58.6 Å². The van der Waals surface area contributed by atoms with Crippen LogP contribution in [-0.4, -0.2) is 19.7 Å². The molecule has 0 aliphatic carbocycles. The summed E-state index contributed by atoms with van der Waals surface area (Å²) in [7, 11) is 1.55. The Labute approximate surface area is 141 Å². The van der Waals surface area contributed by atoms with Gasteiger partial charge < -0.3 is 15.4 Å². The Morgan fingerprint density at radius 2 is 1.83 bits per heavy atom. The Morgan fingerprint density at radius 1 is 1.13 bits per heavy atom. The molecule has 0 radical (unpaired) electrons. The summed E-state index contributed by atoms with van der Waals surface area (Å²) < 4.78 is 5.20. The molecule has 2 aromatic carbocycles. The van der Waals surface area contributed by atoms with Crippen molar-refractivity contribution in [1.82, 2.24) is 5.32 Å². The molecule has 2 rings (SSSR count). The van der Waals surface area contributed by atoms with Crippen LogP contribution in [0.25, 0.3) is 0 Å². The molecule has 0 bridgehead atoms. The van der Waals surface area contributed by atoms with Gasteiger partial charge in [0.05, 0.1) is 12.8 Å².